The summed E-state index contributed by atoms with van der Waals surface area (Å²) in [6.07, 6.45) is 5.12. The Balaban J connectivity index is 1.70. The Kier molecular flexibility index (Phi) is 12.2. The molecule has 0 spiro atoms. The number of piperidine rings is 1. The summed E-state index contributed by atoms with van der Waals surface area (Å²) in [7, 11) is 0. The third-order valence-electron chi connectivity index (χ3n) is 6.22. The van der Waals surface area contributed by atoms with Crippen LogP contribution in [0, 0.1) is 5.92 Å². The summed E-state index contributed by atoms with van der Waals surface area (Å²) in [5.74, 6) is -0.168. The molecule has 1 amide bonds. The molecule has 0 aromatic heterocycles. The van der Waals surface area contributed by atoms with Gasteiger partial charge in [-0.05, 0) is 65.4 Å². The van der Waals surface area contributed by atoms with Crippen molar-refractivity contribution in [2.45, 2.75) is 97.4 Å². The Morgan fingerprint density at radius 3 is 2.31 bits per heavy atom. The maximum Gasteiger partial charge on any atom is 0.410 e. The number of benzene rings is 1. The van der Waals surface area contributed by atoms with E-state index < -0.39 is 17.7 Å². The molecule has 2 atom stereocenters. The minimum atomic E-state index is -0.607. The Hall–Kier alpha value is -2.61. The third-order valence-corrected chi connectivity index (χ3v) is 6.22. The van der Waals surface area contributed by atoms with Crippen molar-refractivity contribution in [3.63, 3.8) is 0 Å². The molecular formula is C28H44N2O6. The Morgan fingerprint density at radius 2 is 1.69 bits per heavy atom. The highest BCUT2D eigenvalue weighted by molar-refractivity contribution is 5.79. The lowest BCUT2D eigenvalue weighted by Crippen LogP contribution is -2.48. The van der Waals surface area contributed by atoms with Crippen molar-refractivity contribution in [2.24, 2.45) is 5.92 Å². The van der Waals surface area contributed by atoms with E-state index in [-0.39, 0.29) is 18.0 Å². The first-order valence-electron chi connectivity index (χ1n) is 13.2. The van der Waals surface area contributed by atoms with E-state index in [0.29, 0.717) is 38.6 Å². The molecule has 2 rings (SSSR count). The molecule has 0 radical (unpaired) electrons. The average Bonchev–Trinajstić information content (AvgIpc) is 2.84. The van der Waals surface area contributed by atoms with Gasteiger partial charge in [-0.25, -0.2) is 4.79 Å². The van der Waals surface area contributed by atoms with Gasteiger partial charge in [-0.2, -0.15) is 0 Å². The number of amides is 1. The minimum absolute atomic E-state index is 0.250. The fraction of sp³-hybridized carbons (Fsp3) is 0.679. The molecule has 36 heavy (non-hydrogen) atoms. The molecule has 1 aromatic rings. The standard InChI is InChI=1S/C28H44N2O6/c1-6-34-26(32)24(29-21(2)25(31)36-28(3,4)5)15-11-10-12-22-16-18-30(19-17-22)27(33)35-20-23-13-8-7-9-14-23/h7-9,13-14,21-22,24,29H,6,10-12,15-20H2,1-5H3/t21-,24-/m0/s1. The van der Waals surface area contributed by atoms with Gasteiger partial charge < -0.3 is 19.1 Å². The monoisotopic (exact) mass is 504 g/mol. The smallest absolute Gasteiger partial charge is 0.410 e. The highest BCUT2D eigenvalue weighted by Gasteiger charge is 2.28. The van der Waals surface area contributed by atoms with E-state index >= 15 is 0 Å². The van der Waals surface area contributed by atoms with Crippen molar-refractivity contribution >= 4 is 18.0 Å². The number of hydrogen-bond acceptors (Lipinski definition) is 7. The van der Waals surface area contributed by atoms with Crippen molar-refractivity contribution in [3.8, 4) is 0 Å². The minimum Gasteiger partial charge on any atom is -0.465 e. The molecule has 8 heteroatoms. The van der Waals surface area contributed by atoms with Crippen LogP contribution in [0.3, 0.4) is 0 Å². The van der Waals surface area contributed by atoms with Crippen molar-refractivity contribution in [1.29, 1.82) is 0 Å². The second-order valence-electron chi connectivity index (χ2n) is 10.5. The lowest BCUT2D eigenvalue weighted by Gasteiger charge is -2.31. The van der Waals surface area contributed by atoms with Gasteiger partial charge in [-0.15, -0.1) is 0 Å². The van der Waals surface area contributed by atoms with Crippen molar-refractivity contribution in [1.82, 2.24) is 10.2 Å². The Bertz CT molecular complexity index is 815. The van der Waals surface area contributed by atoms with Crippen molar-refractivity contribution in [2.75, 3.05) is 19.7 Å². The maximum atomic E-state index is 12.4. The zero-order valence-corrected chi connectivity index (χ0v) is 22.6. The molecule has 0 bridgehead atoms. The molecule has 1 saturated heterocycles. The van der Waals surface area contributed by atoms with Gasteiger partial charge in [0.25, 0.3) is 0 Å². The molecule has 1 heterocycles. The molecule has 1 aromatic carbocycles. The number of hydrogen-bond donors (Lipinski definition) is 1. The highest BCUT2D eigenvalue weighted by atomic mass is 16.6. The van der Waals surface area contributed by atoms with Gasteiger partial charge in [0.1, 0.15) is 24.3 Å². The molecule has 0 unspecified atom stereocenters. The van der Waals surface area contributed by atoms with E-state index in [9.17, 15) is 14.4 Å². The molecule has 202 valence electrons. The Morgan fingerprint density at radius 1 is 1.03 bits per heavy atom. The number of likely N-dealkylation sites (tertiary alicyclic amines) is 1. The zero-order valence-electron chi connectivity index (χ0n) is 22.6. The number of carbonyl (C=O) groups is 3. The molecular weight excluding hydrogens is 460 g/mol. The largest absolute Gasteiger partial charge is 0.465 e. The normalized spacial score (nSPS) is 16.2. The van der Waals surface area contributed by atoms with Crippen LogP contribution < -0.4 is 5.32 Å². The molecule has 8 nitrogen and oxygen atoms in total. The van der Waals surface area contributed by atoms with Crippen LogP contribution in [0.5, 0.6) is 0 Å². The average molecular weight is 505 g/mol. The first-order valence-corrected chi connectivity index (χ1v) is 13.2. The van der Waals surface area contributed by atoms with Crippen LogP contribution in [0.15, 0.2) is 30.3 Å². The zero-order chi connectivity index (χ0) is 26.6. The molecule has 1 aliphatic rings. The number of unbranched alkanes of at least 4 members (excludes halogenated alkanes) is 1. The first-order chi connectivity index (χ1) is 17.1. The van der Waals surface area contributed by atoms with Gasteiger partial charge >= 0.3 is 18.0 Å². The number of nitrogens with zero attached hydrogens (tertiary/aromatic N) is 1. The van der Waals surface area contributed by atoms with Gasteiger partial charge in [0, 0.05) is 13.1 Å². The fourth-order valence-electron chi connectivity index (χ4n) is 4.27. The molecule has 0 aliphatic carbocycles. The number of carbonyl (C=O) groups excluding carboxylic acids is 3. The van der Waals surface area contributed by atoms with Crippen LogP contribution in [0.4, 0.5) is 4.79 Å². The topological polar surface area (TPSA) is 94.2 Å². The predicted octanol–water partition coefficient (Wildman–Crippen LogP) is 4.85. The summed E-state index contributed by atoms with van der Waals surface area (Å²) in [4.78, 5) is 38.9. The van der Waals surface area contributed by atoms with Crippen molar-refractivity contribution < 1.29 is 28.6 Å². The summed E-state index contributed by atoms with van der Waals surface area (Å²) < 4.78 is 16.1. The van der Waals surface area contributed by atoms with Gasteiger partial charge in [-0.1, -0.05) is 49.6 Å². The lowest BCUT2D eigenvalue weighted by atomic mass is 9.91. The third kappa shape index (κ3) is 11.0. The second kappa shape index (κ2) is 14.8. The van der Waals surface area contributed by atoms with E-state index in [0.717, 1.165) is 37.7 Å². The highest BCUT2D eigenvalue weighted by Crippen LogP contribution is 2.24. The van der Waals surface area contributed by atoms with Crippen molar-refractivity contribution in [3.05, 3.63) is 35.9 Å². The van der Waals surface area contributed by atoms with Crippen LogP contribution in [-0.2, 0) is 30.4 Å². The van der Waals surface area contributed by atoms with E-state index in [4.69, 9.17) is 14.2 Å². The maximum absolute atomic E-state index is 12.4. The number of esters is 2. The van der Waals surface area contributed by atoms with E-state index in [1.165, 1.54) is 0 Å². The van der Waals surface area contributed by atoms with Crippen LogP contribution in [0.1, 0.15) is 78.7 Å². The van der Waals surface area contributed by atoms with Gasteiger partial charge in [0.15, 0.2) is 0 Å². The van der Waals surface area contributed by atoms with Crippen LogP contribution in [-0.4, -0.2) is 60.3 Å². The number of rotatable bonds is 12. The summed E-state index contributed by atoms with van der Waals surface area (Å²) in [5.41, 5.74) is 0.400. The first kappa shape index (κ1) is 29.6. The van der Waals surface area contributed by atoms with Gasteiger partial charge in [0.2, 0.25) is 0 Å². The second-order valence-corrected chi connectivity index (χ2v) is 10.5. The predicted molar refractivity (Wildman–Crippen MR) is 138 cm³/mol. The van der Waals surface area contributed by atoms with Crippen LogP contribution >= 0.6 is 0 Å². The summed E-state index contributed by atoms with van der Waals surface area (Å²) in [6, 6.07) is 8.54. The van der Waals surface area contributed by atoms with Crippen LogP contribution in [0.2, 0.25) is 0 Å². The molecule has 0 saturated carbocycles. The number of nitrogens with one attached hydrogen (secondary N) is 1. The molecule has 1 aliphatic heterocycles. The quantitative estimate of drug-likeness (QED) is 0.247. The van der Waals surface area contributed by atoms with Gasteiger partial charge in [-0.3, -0.25) is 14.9 Å². The summed E-state index contributed by atoms with van der Waals surface area (Å²) in [5, 5.41) is 3.10. The summed E-state index contributed by atoms with van der Waals surface area (Å²) >= 11 is 0. The van der Waals surface area contributed by atoms with Gasteiger partial charge in [0.05, 0.1) is 6.61 Å². The van der Waals surface area contributed by atoms with E-state index in [2.05, 4.69) is 5.32 Å². The SMILES string of the molecule is CCOC(=O)[C@H](CCCCC1CCN(C(=O)OCc2ccccc2)CC1)N[C@@H](C)C(=O)OC(C)(C)C. The molecule has 1 N–H and O–H groups in total. The Labute approximate surface area is 216 Å². The van der Waals surface area contributed by atoms with E-state index in [1.54, 1.807) is 18.7 Å². The van der Waals surface area contributed by atoms with E-state index in [1.807, 2.05) is 51.1 Å². The molecule has 1 fully saturated rings. The fourth-order valence-corrected chi connectivity index (χ4v) is 4.27. The summed E-state index contributed by atoms with van der Waals surface area (Å²) in [6.45, 7) is 10.9. The van der Waals surface area contributed by atoms with Crippen LogP contribution in [0.25, 0.3) is 0 Å². The number of ether oxygens (including phenoxy) is 3. The lowest BCUT2D eigenvalue weighted by molar-refractivity contribution is -0.157.